The molecule has 8 rings (SSSR count). The zero-order valence-corrected chi connectivity index (χ0v) is 37.3. The Hall–Kier alpha value is -6.68. The number of pyridine rings is 3. The molecule has 312 valence electrons. The van der Waals surface area contributed by atoms with Crippen LogP contribution in [0.15, 0.2) is 158 Å². The Balaban J connectivity index is 0.000000338. The van der Waals surface area contributed by atoms with Crippen LogP contribution < -0.4 is 4.74 Å². The molecule has 0 bridgehead atoms. The second-order valence-corrected chi connectivity index (χ2v) is 13.4. The first kappa shape index (κ1) is 50.3. The van der Waals surface area contributed by atoms with Crippen LogP contribution in [-0.2, 0) is 14.1 Å². The summed E-state index contributed by atoms with van der Waals surface area (Å²) in [4.78, 5) is 15.5. The first-order chi connectivity index (χ1) is 28.2. The number of oxazole rings is 1. The zero-order valence-electron chi connectivity index (χ0n) is 37.3. The lowest BCUT2D eigenvalue weighted by Crippen LogP contribution is -1.92. The Labute approximate surface area is 353 Å². The minimum atomic E-state index is 0.917. The maximum absolute atomic E-state index is 4.97. The van der Waals surface area contributed by atoms with Crippen molar-refractivity contribution in [2.45, 2.75) is 69.2 Å². The molecule has 6 heterocycles. The number of hydrogen-bond donors (Lipinski definition) is 0. The SMILES string of the molecule is COc1ccc(C)cc1.Cc1ccccc1.Cc1ccccn1.Cc1cccnc1.Cc1ccncc1.Cc1cnn(C)c1.Cc1cocn1.Cc1nn(C)c(C)c1C. The van der Waals surface area contributed by atoms with Crippen LogP contribution in [0, 0.1) is 69.2 Å². The van der Waals surface area contributed by atoms with Crippen molar-refractivity contribution in [1.82, 2.24) is 39.5 Å². The summed E-state index contributed by atoms with van der Waals surface area (Å²) in [6, 6.07) is 32.0. The van der Waals surface area contributed by atoms with Gasteiger partial charge in [-0.15, -0.1) is 0 Å². The third-order valence-corrected chi connectivity index (χ3v) is 7.93. The predicted molar refractivity (Wildman–Crippen MR) is 242 cm³/mol. The minimum absolute atomic E-state index is 0.917. The van der Waals surface area contributed by atoms with Crippen LogP contribution in [0.4, 0.5) is 0 Å². The van der Waals surface area contributed by atoms with Gasteiger partial charge in [0.25, 0.3) is 0 Å². The molecule has 0 aliphatic rings. The van der Waals surface area contributed by atoms with Gasteiger partial charge in [-0.3, -0.25) is 24.3 Å². The fourth-order valence-electron chi connectivity index (χ4n) is 4.23. The van der Waals surface area contributed by atoms with Gasteiger partial charge >= 0.3 is 0 Å². The Bertz CT molecular complexity index is 1960. The van der Waals surface area contributed by atoms with Crippen molar-refractivity contribution in [3.63, 3.8) is 0 Å². The van der Waals surface area contributed by atoms with Gasteiger partial charge in [0.1, 0.15) is 12.0 Å². The normalized spacial score (nSPS) is 9.10. The lowest BCUT2D eigenvalue weighted by Gasteiger charge is -1.97. The van der Waals surface area contributed by atoms with Crippen LogP contribution in [-0.4, -0.2) is 46.6 Å². The van der Waals surface area contributed by atoms with E-state index in [-0.39, 0.29) is 0 Å². The quantitative estimate of drug-likeness (QED) is 0.161. The molecule has 0 radical (unpaired) electrons. The van der Waals surface area contributed by atoms with Crippen LogP contribution in [0.3, 0.4) is 0 Å². The molecule has 0 fully saturated rings. The number of hydrogen-bond acceptors (Lipinski definition) is 8. The van der Waals surface area contributed by atoms with Gasteiger partial charge in [-0.25, -0.2) is 4.98 Å². The average Bonchev–Trinajstić information content (AvgIpc) is 3.94. The van der Waals surface area contributed by atoms with E-state index in [1.807, 2.05) is 164 Å². The van der Waals surface area contributed by atoms with Gasteiger partial charge in [0.15, 0.2) is 6.39 Å². The summed E-state index contributed by atoms with van der Waals surface area (Å²) in [7, 11) is 5.55. The van der Waals surface area contributed by atoms with E-state index in [0.717, 1.165) is 22.8 Å². The fraction of sp³-hybridized carbons (Fsp3) is 0.265. The topological polar surface area (TPSA) is 110 Å². The number of ether oxygens (including phenoxy) is 1. The molecule has 0 N–H and O–H groups in total. The molecule has 0 saturated carbocycles. The summed E-state index contributed by atoms with van der Waals surface area (Å²) in [5, 5.41) is 8.16. The molecular formula is C49H64N8O2. The molecule has 0 unspecified atom stereocenters. The smallest absolute Gasteiger partial charge is 0.180 e. The zero-order chi connectivity index (χ0) is 43.8. The van der Waals surface area contributed by atoms with Crippen LogP contribution in [0.5, 0.6) is 5.75 Å². The molecule has 59 heavy (non-hydrogen) atoms. The van der Waals surface area contributed by atoms with Gasteiger partial charge in [0, 0.05) is 62.7 Å². The summed E-state index contributed by atoms with van der Waals surface area (Å²) in [5.74, 6) is 0.917. The van der Waals surface area contributed by atoms with E-state index in [1.165, 1.54) is 45.5 Å². The van der Waals surface area contributed by atoms with Crippen molar-refractivity contribution in [3.8, 4) is 5.75 Å². The first-order valence-corrected chi connectivity index (χ1v) is 19.2. The lowest BCUT2D eigenvalue weighted by molar-refractivity contribution is 0.414. The van der Waals surface area contributed by atoms with Crippen LogP contribution in [0.25, 0.3) is 0 Å². The molecule has 0 spiro atoms. The van der Waals surface area contributed by atoms with E-state index in [4.69, 9.17) is 4.74 Å². The molecule has 0 saturated heterocycles. The maximum Gasteiger partial charge on any atom is 0.180 e. The highest BCUT2D eigenvalue weighted by Crippen LogP contribution is 2.10. The molecule has 8 aromatic rings. The third kappa shape index (κ3) is 26.0. The van der Waals surface area contributed by atoms with Gasteiger partial charge < -0.3 is 9.15 Å². The second kappa shape index (κ2) is 30.5. The Morgan fingerprint density at radius 3 is 1.39 bits per heavy atom. The Morgan fingerprint density at radius 1 is 0.525 bits per heavy atom. The number of benzene rings is 2. The van der Waals surface area contributed by atoms with Gasteiger partial charge in [0.05, 0.1) is 24.7 Å². The van der Waals surface area contributed by atoms with Crippen molar-refractivity contribution in [1.29, 1.82) is 0 Å². The number of aryl methyl sites for hydroxylation is 10. The molecule has 6 aromatic heterocycles. The lowest BCUT2D eigenvalue weighted by atomic mass is 10.2. The monoisotopic (exact) mass is 797 g/mol. The fourth-order valence-corrected chi connectivity index (χ4v) is 4.23. The summed E-state index contributed by atoms with van der Waals surface area (Å²) < 4.78 is 13.3. The molecule has 0 amide bonds. The maximum atomic E-state index is 4.97. The highest BCUT2D eigenvalue weighted by molar-refractivity contribution is 5.26. The number of methoxy groups -OCH3 is 1. The number of aromatic nitrogens is 8. The van der Waals surface area contributed by atoms with Crippen molar-refractivity contribution in [2.75, 3.05) is 7.11 Å². The summed E-state index contributed by atoms with van der Waals surface area (Å²) in [6.07, 6.45) is 15.8. The van der Waals surface area contributed by atoms with E-state index >= 15 is 0 Å². The molecule has 2 aromatic carbocycles. The molecule has 0 aliphatic heterocycles. The summed E-state index contributed by atoms with van der Waals surface area (Å²) in [5.41, 5.74) is 12.0. The van der Waals surface area contributed by atoms with E-state index in [9.17, 15) is 0 Å². The van der Waals surface area contributed by atoms with E-state index < -0.39 is 0 Å². The predicted octanol–water partition coefficient (Wildman–Crippen LogP) is 11.2. The van der Waals surface area contributed by atoms with Gasteiger partial charge in [-0.1, -0.05) is 65.7 Å². The molecule has 0 atom stereocenters. The second-order valence-electron chi connectivity index (χ2n) is 13.4. The minimum Gasteiger partial charge on any atom is -0.497 e. The summed E-state index contributed by atoms with van der Waals surface area (Å²) in [6.45, 7) is 20.3. The van der Waals surface area contributed by atoms with Gasteiger partial charge in [-0.05, 0) is 134 Å². The van der Waals surface area contributed by atoms with Gasteiger partial charge in [-0.2, -0.15) is 10.2 Å². The summed E-state index contributed by atoms with van der Waals surface area (Å²) >= 11 is 0. The molecule has 0 aliphatic carbocycles. The van der Waals surface area contributed by atoms with Crippen LogP contribution >= 0.6 is 0 Å². The molecule has 10 nitrogen and oxygen atoms in total. The highest BCUT2D eigenvalue weighted by Gasteiger charge is 2.01. The van der Waals surface area contributed by atoms with Crippen molar-refractivity contribution in [2.24, 2.45) is 14.1 Å². The Kier molecular flexibility index (Phi) is 26.0. The molecule has 10 heteroatoms. The third-order valence-electron chi connectivity index (χ3n) is 7.93. The van der Waals surface area contributed by atoms with Crippen molar-refractivity contribution < 1.29 is 9.15 Å². The van der Waals surface area contributed by atoms with E-state index in [1.54, 1.807) is 42.8 Å². The van der Waals surface area contributed by atoms with Crippen molar-refractivity contribution >= 4 is 0 Å². The van der Waals surface area contributed by atoms with E-state index in [0.29, 0.717) is 0 Å². The highest BCUT2D eigenvalue weighted by atomic mass is 16.5. The largest absolute Gasteiger partial charge is 0.497 e. The van der Waals surface area contributed by atoms with Gasteiger partial charge in [0.2, 0.25) is 0 Å². The van der Waals surface area contributed by atoms with Crippen LogP contribution in [0.1, 0.15) is 56.2 Å². The van der Waals surface area contributed by atoms with E-state index in [2.05, 4.69) is 74.4 Å². The first-order valence-electron chi connectivity index (χ1n) is 19.2. The van der Waals surface area contributed by atoms with Crippen molar-refractivity contribution in [3.05, 3.63) is 209 Å². The number of rotatable bonds is 1. The van der Waals surface area contributed by atoms with Crippen LogP contribution in [0.2, 0.25) is 0 Å². The molecular weight excluding hydrogens is 733 g/mol. The average molecular weight is 797 g/mol. The standard InChI is InChI=1S/C8H10O.C7H12N2.C7H8.3C6H7N.C5H8N2.C4H5NO/c1-7-3-5-8(9-2)6-4-7;1-5-6(2)8-9(4)7(5)3;1-7-5-3-2-4-6-7;1-6-2-4-7-5-3-6;1-6-3-2-4-7-5-6;1-6-4-2-3-5-7-6;1-5-3-6-7(2)4-5;1-4-2-6-3-5-4/h3-6H,1-2H3;1-4H3;2-6H,1H3;3*2-5H,1H3;3-4H,1-2H3;2-3H,1H3. The Morgan fingerprint density at radius 2 is 1.14 bits per heavy atom. The number of nitrogens with zero attached hydrogens (tertiary/aromatic N) is 8.